The molecule has 6 heteroatoms. The van der Waals surface area contributed by atoms with Crippen molar-refractivity contribution in [3.05, 3.63) is 42.6 Å². The first-order valence-electron chi connectivity index (χ1n) is 8.49. The number of hydrogen-bond donors (Lipinski definition) is 2. The Morgan fingerprint density at radius 2 is 2.08 bits per heavy atom. The predicted molar refractivity (Wildman–Crippen MR) is 98.2 cm³/mol. The second-order valence-corrected chi connectivity index (χ2v) is 6.43. The topological polar surface area (TPSA) is 67.1 Å². The highest BCUT2D eigenvalue weighted by Gasteiger charge is 2.07. The van der Waals surface area contributed by atoms with Crippen LogP contribution in [-0.4, -0.2) is 33.6 Å². The van der Waals surface area contributed by atoms with E-state index in [9.17, 15) is 0 Å². The smallest absolute Gasteiger partial charge is 0.191 e. The average molecular weight is 328 g/mol. The summed E-state index contributed by atoms with van der Waals surface area (Å²) >= 11 is 0. The molecule has 1 unspecified atom stereocenters. The summed E-state index contributed by atoms with van der Waals surface area (Å²) in [5, 5.41) is 6.81. The van der Waals surface area contributed by atoms with Crippen LogP contribution in [0.4, 0.5) is 0 Å². The zero-order valence-corrected chi connectivity index (χ0v) is 15.0. The fourth-order valence-electron chi connectivity index (χ4n) is 2.38. The van der Waals surface area contributed by atoms with Crippen LogP contribution in [-0.2, 0) is 6.54 Å². The van der Waals surface area contributed by atoms with Crippen molar-refractivity contribution in [3.63, 3.8) is 0 Å². The number of pyridine rings is 1. The third kappa shape index (κ3) is 5.68. The van der Waals surface area contributed by atoms with Crippen molar-refractivity contribution >= 4 is 5.96 Å². The molecule has 2 heterocycles. The van der Waals surface area contributed by atoms with E-state index in [1.165, 1.54) is 6.42 Å². The molecule has 0 saturated carbocycles. The molecular formula is C18H28N6. The lowest BCUT2D eigenvalue weighted by atomic mass is 10.0. The van der Waals surface area contributed by atoms with Crippen LogP contribution in [0.2, 0.25) is 0 Å². The van der Waals surface area contributed by atoms with Gasteiger partial charge < -0.3 is 10.6 Å². The Kier molecular flexibility index (Phi) is 6.78. The number of aliphatic imine (C=N–C) groups is 1. The maximum absolute atomic E-state index is 4.37. The Morgan fingerprint density at radius 1 is 1.25 bits per heavy atom. The predicted octanol–water partition coefficient (Wildman–Crippen LogP) is 2.76. The van der Waals surface area contributed by atoms with Gasteiger partial charge >= 0.3 is 0 Å². The first-order chi connectivity index (χ1) is 11.6. The number of hydrogen-bond acceptors (Lipinski definition) is 3. The molecule has 0 spiro atoms. The Morgan fingerprint density at radius 3 is 2.75 bits per heavy atom. The summed E-state index contributed by atoms with van der Waals surface area (Å²) in [6.07, 6.45) is 9.54. The van der Waals surface area contributed by atoms with Gasteiger partial charge in [-0.1, -0.05) is 13.8 Å². The minimum absolute atomic E-state index is 0.401. The van der Waals surface area contributed by atoms with Crippen LogP contribution in [0.1, 0.15) is 39.2 Å². The molecular weight excluding hydrogens is 300 g/mol. The van der Waals surface area contributed by atoms with E-state index < -0.39 is 0 Å². The molecule has 0 aromatic carbocycles. The maximum atomic E-state index is 4.37. The molecule has 0 aliphatic carbocycles. The van der Waals surface area contributed by atoms with Crippen molar-refractivity contribution in [2.75, 3.05) is 7.05 Å². The van der Waals surface area contributed by atoms with E-state index in [1.807, 2.05) is 29.1 Å². The van der Waals surface area contributed by atoms with Crippen molar-refractivity contribution in [2.45, 2.75) is 46.2 Å². The second-order valence-electron chi connectivity index (χ2n) is 6.43. The highest BCUT2D eigenvalue weighted by Crippen LogP contribution is 2.08. The quantitative estimate of drug-likeness (QED) is 0.606. The molecule has 24 heavy (non-hydrogen) atoms. The zero-order chi connectivity index (χ0) is 17.4. The highest BCUT2D eigenvalue weighted by molar-refractivity contribution is 5.79. The lowest BCUT2D eigenvalue weighted by Crippen LogP contribution is -2.41. The van der Waals surface area contributed by atoms with E-state index in [0.29, 0.717) is 12.6 Å². The van der Waals surface area contributed by atoms with Crippen LogP contribution in [0.5, 0.6) is 0 Å². The Balaban J connectivity index is 1.88. The van der Waals surface area contributed by atoms with Crippen LogP contribution in [0, 0.1) is 5.92 Å². The van der Waals surface area contributed by atoms with Gasteiger partial charge in [0.15, 0.2) is 5.96 Å². The first-order valence-corrected chi connectivity index (χ1v) is 8.49. The van der Waals surface area contributed by atoms with Gasteiger partial charge in [-0.15, -0.1) is 0 Å². The van der Waals surface area contributed by atoms with Gasteiger partial charge in [0.2, 0.25) is 0 Å². The Bertz CT molecular complexity index is 633. The summed E-state index contributed by atoms with van der Waals surface area (Å²) in [6.45, 7) is 7.39. The summed E-state index contributed by atoms with van der Waals surface area (Å²) in [6, 6.07) is 4.45. The molecule has 0 aliphatic rings. The molecule has 2 rings (SSSR count). The van der Waals surface area contributed by atoms with Crippen LogP contribution in [0.3, 0.4) is 0 Å². The first kappa shape index (κ1) is 18.0. The minimum atomic E-state index is 0.401. The van der Waals surface area contributed by atoms with Crippen LogP contribution >= 0.6 is 0 Å². The van der Waals surface area contributed by atoms with Crippen molar-refractivity contribution in [2.24, 2.45) is 10.9 Å². The average Bonchev–Trinajstić information content (AvgIpc) is 3.11. The van der Waals surface area contributed by atoms with Gasteiger partial charge in [-0.25, -0.2) is 9.97 Å². The van der Waals surface area contributed by atoms with E-state index in [2.05, 4.69) is 46.4 Å². The largest absolute Gasteiger partial charge is 0.354 e. The Hall–Kier alpha value is -2.37. The summed E-state index contributed by atoms with van der Waals surface area (Å²) in [4.78, 5) is 12.7. The fourth-order valence-corrected chi connectivity index (χ4v) is 2.38. The molecule has 1 atom stereocenters. The van der Waals surface area contributed by atoms with Gasteiger partial charge in [-0.05, 0) is 43.4 Å². The van der Waals surface area contributed by atoms with Crippen molar-refractivity contribution in [3.8, 4) is 5.82 Å². The lowest BCUT2D eigenvalue weighted by Gasteiger charge is -2.18. The van der Waals surface area contributed by atoms with Crippen LogP contribution in [0.15, 0.2) is 42.0 Å². The molecule has 0 aliphatic heterocycles. The lowest BCUT2D eigenvalue weighted by molar-refractivity contribution is 0.489. The van der Waals surface area contributed by atoms with Gasteiger partial charge in [0.05, 0.1) is 0 Å². The summed E-state index contributed by atoms with van der Waals surface area (Å²) in [5.74, 6) is 2.41. The third-order valence-corrected chi connectivity index (χ3v) is 3.82. The number of imidazole rings is 1. The van der Waals surface area contributed by atoms with Gasteiger partial charge in [0.1, 0.15) is 12.1 Å². The van der Waals surface area contributed by atoms with Crippen molar-refractivity contribution in [1.82, 2.24) is 25.2 Å². The molecule has 0 bridgehead atoms. The van der Waals surface area contributed by atoms with Crippen LogP contribution < -0.4 is 10.6 Å². The number of rotatable bonds is 7. The van der Waals surface area contributed by atoms with E-state index in [4.69, 9.17) is 0 Å². The number of nitrogens with one attached hydrogen (secondary N) is 2. The van der Waals surface area contributed by atoms with Crippen molar-refractivity contribution in [1.29, 1.82) is 0 Å². The molecule has 0 amide bonds. The van der Waals surface area contributed by atoms with Crippen LogP contribution in [0.25, 0.3) is 5.82 Å². The van der Waals surface area contributed by atoms with Gasteiger partial charge in [0, 0.05) is 38.2 Å². The van der Waals surface area contributed by atoms with E-state index in [0.717, 1.165) is 29.7 Å². The van der Waals surface area contributed by atoms with E-state index in [1.54, 1.807) is 19.6 Å². The molecule has 2 aromatic rings. The van der Waals surface area contributed by atoms with Gasteiger partial charge in [0.25, 0.3) is 0 Å². The molecule has 130 valence electrons. The molecule has 6 nitrogen and oxygen atoms in total. The monoisotopic (exact) mass is 328 g/mol. The normalized spacial score (nSPS) is 13.1. The van der Waals surface area contributed by atoms with Crippen molar-refractivity contribution < 1.29 is 0 Å². The molecule has 0 radical (unpaired) electrons. The second kappa shape index (κ2) is 9.05. The minimum Gasteiger partial charge on any atom is -0.354 e. The number of nitrogens with zero attached hydrogens (tertiary/aromatic N) is 4. The molecule has 2 aromatic heterocycles. The highest BCUT2D eigenvalue weighted by atomic mass is 15.2. The van der Waals surface area contributed by atoms with Gasteiger partial charge in [-0.3, -0.25) is 9.56 Å². The number of guanidine groups is 1. The van der Waals surface area contributed by atoms with E-state index in [-0.39, 0.29) is 0 Å². The summed E-state index contributed by atoms with van der Waals surface area (Å²) in [5.41, 5.74) is 1.14. The summed E-state index contributed by atoms with van der Waals surface area (Å²) < 4.78 is 1.89. The summed E-state index contributed by atoms with van der Waals surface area (Å²) in [7, 11) is 1.80. The SMILES string of the molecule is CN=C(NCc1ccnc(-n2ccnc2)c1)NC(C)CCC(C)C. The Labute approximate surface area is 144 Å². The zero-order valence-electron chi connectivity index (χ0n) is 15.0. The fraction of sp³-hybridized carbons (Fsp3) is 0.500. The van der Waals surface area contributed by atoms with Gasteiger partial charge in [-0.2, -0.15) is 0 Å². The molecule has 0 saturated heterocycles. The third-order valence-electron chi connectivity index (χ3n) is 3.82. The maximum Gasteiger partial charge on any atom is 0.191 e. The standard InChI is InChI=1S/C18H28N6/c1-14(2)5-6-15(3)23-18(19-4)22-12-16-7-8-21-17(11-16)24-10-9-20-13-24/h7-11,13-15H,5-6,12H2,1-4H3,(H2,19,22,23). The molecule has 0 fully saturated rings. The molecule has 2 N–H and O–H groups in total. The number of aromatic nitrogens is 3. The van der Waals surface area contributed by atoms with E-state index >= 15 is 0 Å².